The van der Waals surface area contributed by atoms with Crippen LogP contribution in [0.15, 0.2) is 0 Å². The van der Waals surface area contributed by atoms with Crippen LogP contribution < -0.4 is 0 Å². The molecule has 0 nitrogen and oxygen atoms in total. The number of hydrogen-bond donors (Lipinski definition) is 0. The van der Waals surface area contributed by atoms with Crippen LogP contribution in [-0.2, 0) is 0 Å². The number of hydrogen-bond acceptors (Lipinski definition) is 1. The van der Waals surface area contributed by atoms with Crippen molar-refractivity contribution in [1.29, 1.82) is 0 Å². The molecule has 0 heterocycles. The molecule has 0 aromatic rings. The molecular formula is C100H200S. The molecule has 0 amide bonds. The van der Waals surface area contributed by atoms with Crippen molar-refractivity contribution in [3.8, 4) is 0 Å². The first-order valence-corrected chi connectivity index (χ1v) is 51.2. The zero-order valence-electron chi connectivity index (χ0n) is 71.3. The van der Waals surface area contributed by atoms with Crippen molar-refractivity contribution in [2.24, 2.45) is 5.92 Å². The van der Waals surface area contributed by atoms with E-state index in [1.165, 1.54) is 628 Å². The molecule has 0 spiro atoms. The van der Waals surface area contributed by atoms with Gasteiger partial charge in [-0.05, 0) is 30.3 Å². The Kier molecular flexibility index (Phi) is 93.0. The summed E-state index contributed by atoms with van der Waals surface area (Å²) in [6.07, 6.45) is 144. The molecule has 0 N–H and O–H groups in total. The van der Waals surface area contributed by atoms with Gasteiger partial charge in [-0.2, -0.15) is 11.8 Å². The van der Waals surface area contributed by atoms with Crippen LogP contribution >= 0.6 is 11.8 Å². The first kappa shape index (κ1) is 99.4. The molecule has 0 atom stereocenters. The number of unbranched alkanes of at least 4 members (excludes halogenated alkanes) is 92. The van der Waals surface area contributed by atoms with E-state index in [1.807, 2.05) is 0 Å². The summed E-state index contributed by atoms with van der Waals surface area (Å²) in [5, 5.41) is 0. The van der Waals surface area contributed by atoms with E-state index in [0.717, 1.165) is 5.92 Å². The zero-order chi connectivity index (χ0) is 71.6. The minimum absolute atomic E-state index is 1.12. The van der Waals surface area contributed by atoms with E-state index in [9.17, 15) is 0 Å². The topological polar surface area (TPSA) is 0 Å². The largest absolute Gasteiger partial charge is 0.162 e. The Morgan fingerprint density at radius 2 is 0.228 bits per heavy atom. The molecule has 1 heteroatoms. The summed E-state index contributed by atoms with van der Waals surface area (Å²) in [5.74, 6) is 3.98. The Morgan fingerprint density at radius 3 is 0.327 bits per heavy atom. The van der Waals surface area contributed by atoms with E-state index in [-0.39, 0.29) is 0 Å². The van der Waals surface area contributed by atoms with Crippen LogP contribution in [0.25, 0.3) is 0 Å². The maximum Gasteiger partial charge on any atom is -0.00649 e. The monoisotopic (exact) mass is 1430 g/mol. The van der Waals surface area contributed by atoms with Crippen molar-refractivity contribution < 1.29 is 0 Å². The van der Waals surface area contributed by atoms with E-state index in [1.54, 1.807) is 0 Å². The fourth-order valence-corrected chi connectivity index (χ4v) is 18.2. The van der Waals surface area contributed by atoms with Crippen molar-refractivity contribution in [3.63, 3.8) is 0 Å². The second-order valence-corrected chi connectivity index (χ2v) is 36.6. The van der Waals surface area contributed by atoms with Gasteiger partial charge in [0, 0.05) is 0 Å². The van der Waals surface area contributed by atoms with E-state index in [2.05, 4.69) is 18.7 Å². The van der Waals surface area contributed by atoms with Crippen LogP contribution in [0.5, 0.6) is 0 Å². The highest BCUT2D eigenvalue weighted by molar-refractivity contribution is 7.99. The Bertz CT molecular complexity index is 1370. The van der Waals surface area contributed by atoms with Gasteiger partial charge < -0.3 is 0 Å². The first-order valence-electron chi connectivity index (χ1n) is 50.0. The summed E-state index contributed by atoms with van der Waals surface area (Å²) in [6.45, 7) is 2.32. The summed E-state index contributed by atoms with van der Waals surface area (Å²) in [7, 11) is 0. The third kappa shape index (κ3) is 94.5. The maximum atomic E-state index is 2.32. The predicted molar refractivity (Wildman–Crippen MR) is 470 cm³/mol. The lowest BCUT2D eigenvalue weighted by Crippen LogP contribution is -1.87. The molecule has 0 radical (unpaired) electrons. The molecule has 606 valence electrons. The number of thioether (sulfide) groups is 1. The highest BCUT2D eigenvalue weighted by Gasteiger charge is 2.20. The van der Waals surface area contributed by atoms with Gasteiger partial charge in [0.1, 0.15) is 0 Å². The standard InChI is InChI=1S/C100H200S/c1-2-3-4-5-6-7-8-9-10-11-12-13-14-15-16-17-18-19-20-21-22-23-24-25-26-27-28-29-30-31-32-33-34-35-36-37-38-39-40-41-42-43-44-45-46-47-48-49-50-51-52-53-54-55-56-57-58-59-60-61-62-63-64-65-66-67-68-69-70-71-72-73-74-75-76-77-78-79-80-81-82-83-84-85-86-87-88-89-90-91-92-93-94-98-101-99-97-100-95-96-100/h100H,2-99H2,1H3. The minimum atomic E-state index is 1.12. The molecule has 0 aromatic heterocycles. The molecule has 1 aliphatic rings. The van der Waals surface area contributed by atoms with Crippen molar-refractivity contribution in [3.05, 3.63) is 0 Å². The summed E-state index contributed by atoms with van der Waals surface area (Å²) < 4.78 is 0. The van der Waals surface area contributed by atoms with Gasteiger partial charge in [-0.3, -0.25) is 0 Å². The molecular weight excluding hydrogens is 1230 g/mol. The second-order valence-electron chi connectivity index (χ2n) is 35.4. The fraction of sp³-hybridized carbons (Fsp3) is 1.00. The van der Waals surface area contributed by atoms with Crippen LogP contribution in [0.1, 0.15) is 623 Å². The highest BCUT2D eigenvalue weighted by atomic mass is 32.2. The van der Waals surface area contributed by atoms with Gasteiger partial charge in [-0.15, -0.1) is 0 Å². The summed E-state index contributed by atoms with van der Waals surface area (Å²) in [6, 6.07) is 0. The Labute approximate surface area is 648 Å². The molecule has 101 heavy (non-hydrogen) atoms. The summed E-state index contributed by atoms with van der Waals surface area (Å²) in [5.41, 5.74) is 0. The molecule has 1 aliphatic carbocycles. The molecule has 1 saturated carbocycles. The Balaban J connectivity index is 1.57. The van der Waals surface area contributed by atoms with Gasteiger partial charge in [0.25, 0.3) is 0 Å². The summed E-state index contributed by atoms with van der Waals surface area (Å²) in [4.78, 5) is 0. The first-order chi connectivity index (χ1) is 50.4. The van der Waals surface area contributed by atoms with Crippen LogP contribution in [0.3, 0.4) is 0 Å². The number of rotatable bonds is 97. The van der Waals surface area contributed by atoms with Gasteiger partial charge in [-0.1, -0.05) is 610 Å². The van der Waals surface area contributed by atoms with Crippen LogP contribution in [0, 0.1) is 5.92 Å². The molecule has 0 unspecified atom stereocenters. The third-order valence-electron chi connectivity index (χ3n) is 24.8. The second kappa shape index (κ2) is 94.6. The van der Waals surface area contributed by atoms with Crippen molar-refractivity contribution >= 4 is 11.8 Å². The van der Waals surface area contributed by atoms with Crippen molar-refractivity contribution in [2.45, 2.75) is 623 Å². The smallest absolute Gasteiger partial charge is 0.00649 e. The van der Waals surface area contributed by atoms with E-state index >= 15 is 0 Å². The highest BCUT2D eigenvalue weighted by Crippen LogP contribution is 2.34. The van der Waals surface area contributed by atoms with Crippen LogP contribution in [0.4, 0.5) is 0 Å². The predicted octanol–water partition coefficient (Wildman–Crippen LogP) is 38.8. The third-order valence-corrected chi connectivity index (χ3v) is 25.9. The molecule has 0 bridgehead atoms. The van der Waals surface area contributed by atoms with Crippen molar-refractivity contribution in [2.75, 3.05) is 11.5 Å². The lowest BCUT2D eigenvalue weighted by atomic mass is 10.0. The van der Waals surface area contributed by atoms with Crippen molar-refractivity contribution in [1.82, 2.24) is 0 Å². The normalized spacial score (nSPS) is 12.6. The zero-order valence-corrected chi connectivity index (χ0v) is 72.1. The molecule has 0 saturated heterocycles. The average molecular weight is 1430 g/mol. The fourth-order valence-electron chi connectivity index (χ4n) is 17.1. The SMILES string of the molecule is CCCCCCCCCCCCCCCCCCCCCCCCCCCCCCCCCCCCCCCCCCCCCCCCCCCCCCCCCCCCCCCCCCCCCCCCCCCCCCCCCCCCCCCCCCCCCCCSCCC1CC1. The molecule has 1 rings (SSSR count). The summed E-state index contributed by atoms with van der Waals surface area (Å²) >= 11 is 2.22. The maximum absolute atomic E-state index is 2.32. The quantitative estimate of drug-likeness (QED) is 0.0547. The lowest BCUT2D eigenvalue weighted by molar-refractivity contribution is 0.505. The molecule has 0 aromatic carbocycles. The van der Waals surface area contributed by atoms with E-state index in [0.29, 0.717) is 0 Å². The van der Waals surface area contributed by atoms with Crippen LogP contribution in [0.2, 0.25) is 0 Å². The van der Waals surface area contributed by atoms with E-state index in [4.69, 9.17) is 0 Å². The molecule has 1 fully saturated rings. The Hall–Kier alpha value is 0.350. The van der Waals surface area contributed by atoms with Gasteiger partial charge in [0.05, 0.1) is 0 Å². The van der Waals surface area contributed by atoms with Crippen LogP contribution in [-0.4, -0.2) is 11.5 Å². The Morgan fingerprint density at radius 1 is 0.129 bits per heavy atom. The molecule has 0 aliphatic heterocycles. The van der Waals surface area contributed by atoms with Gasteiger partial charge in [-0.25, -0.2) is 0 Å². The van der Waals surface area contributed by atoms with Gasteiger partial charge >= 0.3 is 0 Å². The van der Waals surface area contributed by atoms with E-state index < -0.39 is 0 Å². The average Bonchev–Trinajstić information content (AvgIpc) is 2.18. The van der Waals surface area contributed by atoms with Gasteiger partial charge in [0.15, 0.2) is 0 Å². The van der Waals surface area contributed by atoms with Gasteiger partial charge in [0.2, 0.25) is 0 Å². The lowest BCUT2D eigenvalue weighted by Gasteiger charge is -2.05. The minimum Gasteiger partial charge on any atom is -0.162 e.